The Balaban J connectivity index is 1.78. The first-order valence-corrected chi connectivity index (χ1v) is 12.1. The van der Waals surface area contributed by atoms with E-state index in [1.807, 2.05) is 52.0 Å². The summed E-state index contributed by atoms with van der Waals surface area (Å²) in [6.45, 7) is 7.44. The number of hydrogen-bond donors (Lipinski definition) is 1. The molecule has 0 saturated heterocycles. The molecule has 1 atom stereocenters. The number of nitrogens with zero attached hydrogens (tertiary/aromatic N) is 1. The van der Waals surface area contributed by atoms with Gasteiger partial charge in [0.1, 0.15) is 23.6 Å². The van der Waals surface area contributed by atoms with E-state index in [1.54, 1.807) is 24.3 Å². The fourth-order valence-corrected chi connectivity index (χ4v) is 4.52. The molecule has 0 saturated carbocycles. The van der Waals surface area contributed by atoms with Gasteiger partial charge in [-0.2, -0.15) is 0 Å². The lowest BCUT2D eigenvalue weighted by atomic mass is 9.89. The molecule has 1 heterocycles. The molecule has 1 aliphatic rings. The van der Waals surface area contributed by atoms with Crippen LogP contribution in [0.3, 0.4) is 0 Å². The van der Waals surface area contributed by atoms with Crippen molar-refractivity contribution in [3.8, 4) is 11.5 Å². The van der Waals surface area contributed by atoms with Crippen molar-refractivity contribution in [2.24, 2.45) is 0 Å². The molecule has 0 radical (unpaired) electrons. The topological polar surface area (TPSA) is 84.9 Å². The van der Waals surface area contributed by atoms with Gasteiger partial charge in [0.2, 0.25) is 15.9 Å². The summed E-state index contributed by atoms with van der Waals surface area (Å²) in [5.74, 6) is 0.980. The molecule has 1 amide bonds. The normalized spacial score (nSPS) is 17.4. The van der Waals surface area contributed by atoms with Crippen LogP contribution in [0.2, 0.25) is 0 Å². The summed E-state index contributed by atoms with van der Waals surface area (Å²) in [4.78, 5) is 12.9. The van der Waals surface area contributed by atoms with Crippen LogP contribution in [-0.4, -0.2) is 38.8 Å². The van der Waals surface area contributed by atoms with E-state index in [2.05, 4.69) is 5.32 Å². The lowest BCUT2D eigenvalue weighted by molar-refractivity contribution is -0.120. The van der Waals surface area contributed by atoms with Crippen molar-refractivity contribution in [2.75, 3.05) is 17.1 Å². The maximum atomic E-state index is 12.9. The third-order valence-electron chi connectivity index (χ3n) is 4.90. The number of amides is 1. The minimum Gasteiger partial charge on any atom is -0.491 e. The molecule has 3 rings (SSSR count). The van der Waals surface area contributed by atoms with Gasteiger partial charge >= 0.3 is 0 Å². The summed E-state index contributed by atoms with van der Waals surface area (Å²) in [6, 6.07) is 14.0. The molecular weight excluding hydrogens is 416 g/mol. The van der Waals surface area contributed by atoms with Gasteiger partial charge in [0, 0.05) is 12.0 Å². The van der Waals surface area contributed by atoms with Crippen LogP contribution < -0.4 is 19.1 Å². The van der Waals surface area contributed by atoms with E-state index >= 15 is 0 Å². The molecule has 168 valence electrons. The van der Waals surface area contributed by atoms with Gasteiger partial charge in [-0.25, -0.2) is 8.42 Å². The summed E-state index contributed by atoms with van der Waals surface area (Å²) >= 11 is 0. The molecule has 2 aromatic carbocycles. The van der Waals surface area contributed by atoms with Gasteiger partial charge in [-0.1, -0.05) is 18.2 Å². The highest BCUT2D eigenvalue weighted by Gasteiger charge is 2.34. The molecular formula is C23H30N2O5S. The van der Waals surface area contributed by atoms with Gasteiger partial charge in [0.25, 0.3) is 0 Å². The Morgan fingerprint density at radius 3 is 2.45 bits per heavy atom. The Morgan fingerprint density at radius 2 is 1.84 bits per heavy atom. The van der Waals surface area contributed by atoms with Crippen molar-refractivity contribution in [2.45, 2.75) is 51.9 Å². The first-order valence-electron chi connectivity index (χ1n) is 10.3. The van der Waals surface area contributed by atoms with E-state index in [9.17, 15) is 13.2 Å². The number of fused-ring (bicyclic) bond motifs is 1. The van der Waals surface area contributed by atoms with E-state index in [0.29, 0.717) is 17.9 Å². The highest BCUT2D eigenvalue weighted by molar-refractivity contribution is 7.92. The molecule has 0 fully saturated rings. The number of ether oxygens (including phenoxy) is 2. The number of sulfonamides is 1. The minimum atomic E-state index is -3.67. The van der Waals surface area contributed by atoms with E-state index in [-0.39, 0.29) is 24.6 Å². The van der Waals surface area contributed by atoms with Gasteiger partial charge in [-0.3, -0.25) is 9.10 Å². The zero-order valence-electron chi connectivity index (χ0n) is 18.6. The number of nitrogens with one attached hydrogen (secondary N) is 1. The highest BCUT2D eigenvalue weighted by atomic mass is 32.2. The van der Waals surface area contributed by atoms with Crippen LogP contribution in [-0.2, 0) is 14.8 Å². The summed E-state index contributed by atoms with van der Waals surface area (Å²) < 4.78 is 37.5. The molecule has 2 aromatic rings. The van der Waals surface area contributed by atoms with Crippen molar-refractivity contribution in [3.05, 3.63) is 54.1 Å². The average molecular weight is 447 g/mol. The standard InChI is InChI=1S/C23H30N2O5S/c1-16(2)29-18-12-10-17(11-13-18)25(31(5,27)28)15-22(26)24-20-14-23(3,4)30-21-9-7-6-8-19(20)21/h6-13,16,20H,14-15H2,1-5H3,(H,24,26)/t20-/m1/s1. The van der Waals surface area contributed by atoms with Crippen molar-refractivity contribution in [1.29, 1.82) is 0 Å². The maximum absolute atomic E-state index is 12.9. The SMILES string of the molecule is CC(C)Oc1ccc(N(CC(=O)N[C@@H]2CC(C)(C)Oc3ccccc32)S(C)(=O)=O)cc1. The number of carbonyl (C=O) groups excluding carboxylic acids is 1. The van der Waals surface area contributed by atoms with E-state index in [4.69, 9.17) is 9.47 Å². The first-order chi connectivity index (χ1) is 14.4. The number of benzene rings is 2. The van der Waals surface area contributed by atoms with E-state index < -0.39 is 15.6 Å². The Hall–Kier alpha value is -2.74. The highest BCUT2D eigenvalue weighted by Crippen LogP contribution is 2.39. The summed E-state index contributed by atoms with van der Waals surface area (Å²) in [6.07, 6.45) is 1.68. The first kappa shape index (κ1) is 22.9. The predicted octanol–water partition coefficient (Wildman–Crippen LogP) is 3.66. The predicted molar refractivity (Wildman–Crippen MR) is 121 cm³/mol. The Morgan fingerprint density at radius 1 is 1.19 bits per heavy atom. The van der Waals surface area contributed by atoms with Crippen LogP contribution in [0.4, 0.5) is 5.69 Å². The molecule has 0 aromatic heterocycles. The number of anilines is 1. The zero-order valence-corrected chi connectivity index (χ0v) is 19.4. The number of rotatable bonds is 7. The third-order valence-corrected chi connectivity index (χ3v) is 6.04. The maximum Gasteiger partial charge on any atom is 0.241 e. The second kappa shape index (κ2) is 8.78. The fourth-order valence-electron chi connectivity index (χ4n) is 3.66. The second-order valence-electron chi connectivity index (χ2n) is 8.65. The average Bonchev–Trinajstić information content (AvgIpc) is 2.65. The molecule has 1 N–H and O–H groups in total. The van der Waals surface area contributed by atoms with Gasteiger partial charge in [0.05, 0.1) is 24.1 Å². The number of carbonyl (C=O) groups is 1. The van der Waals surface area contributed by atoms with Crippen LogP contribution in [0.15, 0.2) is 48.5 Å². The summed E-state index contributed by atoms with van der Waals surface area (Å²) in [5.41, 5.74) is 0.840. The molecule has 8 heteroatoms. The minimum absolute atomic E-state index is 0.00856. The van der Waals surface area contributed by atoms with E-state index in [1.165, 1.54) is 0 Å². The smallest absolute Gasteiger partial charge is 0.241 e. The van der Waals surface area contributed by atoms with Crippen molar-refractivity contribution < 1.29 is 22.7 Å². The molecule has 0 spiro atoms. The molecule has 31 heavy (non-hydrogen) atoms. The molecule has 7 nitrogen and oxygen atoms in total. The number of para-hydroxylation sites is 1. The molecule has 0 aliphatic carbocycles. The second-order valence-corrected chi connectivity index (χ2v) is 10.6. The van der Waals surface area contributed by atoms with Crippen LogP contribution in [0, 0.1) is 0 Å². The number of hydrogen-bond acceptors (Lipinski definition) is 5. The molecule has 0 unspecified atom stereocenters. The summed E-state index contributed by atoms with van der Waals surface area (Å²) in [5, 5.41) is 2.99. The Bertz CT molecular complexity index is 1030. The van der Waals surface area contributed by atoms with Crippen molar-refractivity contribution in [3.63, 3.8) is 0 Å². The molecule has 1 aliphatic heterocycles. The lowest BCUT2D eigenvalue weighted by Gasteiger charge is -2.38. The van der Waals surface area contributed by atoms with Crippen LogP contribution in [0.25, 0.3) is 0 Å². The monoisotopic (exact) mass is 446 g/mol. The van der Waals surface area contributed by atoms with Gasteiger partial charge in [-0.15, -0.1) is 0 Å². The van der Waals surface area contributed by atoms with Gasteiger partial charge in [0.15, 0.2) is 0 Å². The van der Waals surface area contributed by atoms with Crippen LogP contribution in [0.1, 0.15) is 45.7 Å². The van der Waals surface area contributed by atoms with Crippen LogP contribution >= 0.6 is 0 Å². The zero-order chi connectivity index (χ0) is 22.8. The summed E-state index contributed by atoms with van der Waals surface area (Å²) in [7, 11) is -3.67. The van der Waals surface area contributed by atoms with Gasteiger partial charge in [-0.05, 0) is 58.0 Å². The Labute approximate surface area is 184 Å². The van der Waals surface area contributed by atoms with Crippen LogP contribution in [0.5, 0.6) is 11.5 Å². The Kier molecular flexibility index (Phi) is 6.50. The largest absolute Gasteiger partial charge is 0.491 e. The van der Waals surface area contributed by atoms with Crippen molar-refractivity contribution in [1.82, 2.24) is 5.32 Å². The quantitative estimate of drug-likeness (QED) is 0.702. The van der Waals surface area contributed by atoms with Gasteiger partial charge < -0.3 is 14.8 Å². The fraction of sp³-hybridized carbons (Fsp3) is 0.435. The lowest BCUT2D eigenvalue weighted by Crippen LogP contribution is -2.45. The molecule has 0 bridgehead atoms. The van der Waals surface area contributed by atoms with Crippen molar-refractivity contribution >= 4 is 21.6 Å². The van der Waals surface area contributed by atoms with E-state index in [0.717, 1.165) is 21.9 Å². The third kappa shape index (κ3) is 5.91.